The fourth-order valence-corrected chi connectivity index (χ4v) is 6.22. The van der Waals surface area contributed by atoms with E-state index < -0.39 is 8.32 Å². The largest absolute Gasteiger partial charge is 0.412 e. The first-order valence-corrected chi connectivity index (χ1v) is 14.6. The molecule has 0 amide bonds. The Hall–Kier alpha value is -0.643. The topological polar surface area (TPSA) is 9.23 Å². The molecule has 1 atom stereocenters. The molecule has 1 aromatic rings. The van der Waals surface area contributed by atoms with Gasteiger partial charge in [-0.2, -0.15) is 0 Å². The zero-order chi connectivity index (χ0) is 19.6. The van der Waals surface area contributed by atoms with Crippen molar-refractivity contribution in [2.45, 2.75) is 90.4 Å². The highest BCUT2D eigenvalue weighted by Crippen LogP contribution is 2.24. The molecule has 1 aromatic carbocycles. The molecule has 2 rings (SSSR count). The van der Waals surface area contributed by atoms with Crippen LogP contribution in [-0.2, 0) is 17.4 Å². The van der Waals surface area contributed by atoms with Crippen LogP contribution in [0.1, 0.15) is 69.4 Å². The molecule has 1 aliphatic heterocycles. The van der Waals surface area contributed by atoms with Crippen LogP contribution in [0, 0.1) is 0 Å². The summed E-state index contributed by atoms with van der Waals surface area (Å²) in [6.07, 6.45) is 12.5. The normalized spacial score (nSPS) is 19.9. The van der Waals surface area contributed by atoms with E-state index in [1.807, 2.05) is 0 Å². The van der Waals surface area contributed by atoms with Crippen molar-refractivity contribution in [2.24, 2.45) is 0 Å². The van der Waals surface area contributed by atoms with Gasteiger partial charge in [0.25, 0.3) is 0 Å². The van der Waals surface area contributed by atoms with Crippen molar-refractivity contribution in [3.63, 3.8) is 0 Å². The molecule has 0 saturated heterocycles. The van der Waals surface area contributed by atoms with Crippen molar-refractivity contribution in [1.29, 1.82) is 0 Å². The van der Waals surface area contributed by atoms with Gasteiger partial charge in [0.1, 0.15) is 13.1 Å². The molecule has 1 unspecified atom stereocenters. The molecule has 0 aliphatic carbocycles. The van der Waals surface area contributed by atoms with Gasteiger partial charge in [0, 0.05) is 12.0 Å². The van der Waals surface area contributed by atoms with E-state index in [4.69, 9.17) is 4.43 Å². The molecule has 0 spiro atoms. The minimum absolute atomic E-state index is 0.939. The Morgan fingerprint density at radius 3 is 2.26 bits per heavy atom. The Kier molecular flexibility index (Phi) is 9.54. The molecule has 0 saturated carbocycles. The van der Waals surface area contributed by atoms with E-state index in [0.29, 0.717) is 0 Å². The van der Waals surface area contributed by atoms with E-state index in [1.165, 1.54) is 76.9 Å². The van der Waals surface area contributed by atoms with Crippen LogP contribution in [0.4, 0.5) is 0 Å². The summed E-state index contributed by atoms with van der Waals surface area (Å²) in [4.78, 5) is 0. The number of nitrogens with zero attached hydrogens (tertiary/aromatic N) is 1. The quantitative estimate of drug-likeness (QED) is 0.211. The van der Waals surface area contributed by atoms with Gasteiger partial charge in [0.15, 0.2) is 8.32 Å². The number of unbranched alkanes of at least 4 members (excludes halogenated alkanes) is 7. The first-order chi connectivity index (χ1) is 12.9. The van der Waals surface area contributed by atoms with E-state index in [-0.39, 0.29) is 0 Å². The van der Waals surface area contributed by atoms with Crippen LogP contribution in [0.15, 0.2) is 24.3 Å². The summed E-state index contributed by atoms with van der Waals surface area (Å²) >= 11 is 0. The third-order valence-corrected chi connectivity index (χ3v) is 8.89. The summed E-state index contributed by atoms with van der Waals surface area (Å²) in [5.41, 5.74) is 3.10. The molecular formula is C24H44NOSi+. The smallest absolute Gasteiger partial charge is 0.187 e. The Labute approximate surface area is 170 Å². The zero-order valence-corrected chi connectivity index (χ0v) is 19.6. The van der Waals surface area contributed by atoms with Crippen LogP contribution in [0.25, 0.3) is 0 Å². The maximum atomic E-state index is 6.47. The van der Waals surface area contributed by atoms with Gasteiger partial charge in [-0.25, -0.2) is 0 Å². The number of fused-ring (bicyclic) bond motifs is 1. The molecule has 1 aliphatic rings. The molecule has 154 valence electrons. The van der Waals surface area contributed by atoms with Gasteiger partial charge in [-0.05, 0) is 24.7 Å². The lowest BCUT2D eigenvalue weighted by Crippen LogP contribution is -2.50. The Morgan fingerprint density at radius 1 is 0.926 bits per heavy atom. The lowest BCUT2D eigenvalue weighted by molar-refractivity contribution is -0.924. The Balaban J connectivity index is 1.60. The molecule has 1 heterocycles. The van der Waals surface area contributed by atoms with Crippen LogP contribution in [0.2, 0.25) is 19.1 Å². The summed E-state index contributed by atoms with van der Waals surface area (Å²) in [7, 11) is 0.925. The van der Waals surface area contributed by atoms with Gasteiger partial charge in [-0.15, -0.1) is 0 Å². The van der Waals surface area contributed by atoms with Crippen LogP contribution in [0.3, 0.4) is 0 Å². The minimum atomic E-state index is -1.48. The molecular weight excluding hydrogens is 346 g/mol. The van der Waals surface area contributed by atoms with Crippen LogP contribution < -0.4 is 0 Å². The molecule has 0 fully saturated rings. The van der Waals surface area contributed by atoms with Crippen LogP contribution >= 0.6 is 0 Å². The first kappa shape index (κ1) is 22.6. The van der Waals surface area contributed by atoms with Crippen molar-refractivity contribution in [2.75, 3.05) is 26.7 Å². The lowest BCUT2D eigenvalue weighted by Gasteiger charge is -2.39. The Bertz CT molecular complexity index is 545. The highest BCUT2D eigenvalue weighted by Gasteiger charge is 2.29. The molecule has 0 radical (unpaired) electrons. The summed E-state index contributed by atoms with van der Waals surface area (Å²) < 4.78 is 7.61. The number of rotatable bonds is 13. The van der Waals surface area contributed by atoms with Gasteiger partial charge in [-0.1, -0.05) is 82.6 Å². The highest BCUT2D eigenvalue weighted by atomic mass is 28.4. The number of hydrogen-bond donors (Lipinski definition) is 0. The van der Waals surface area contributed by atoms with Crippen LogP contribution in [0.5, 0.6) is 0 Å². The molecule has 0 N–H and O–H groups in total. The molecule has 2 nitrogen and oxygen atoms in total. The van der Waals surface area contributed by atoms with E-state index in [0.717, 1.165) is 17.6 Å². The van der Waals surface area contributed by atoms with Crippen molar-refractivity contribution in [1.82, 2.24) is 0 Å². The van der Waals surface area contributed by atoms with E-state index in [1.54, 1.807) is 11.1 Å². The van der Waals surface area contributed by atoms with Crippen molar-refractivity contribution < 1.29 is 8.91 Å². The van der Waals surface area contributed by atoms with E-state index in [9.17, 15) is 0 Å². The standard InChI is InChI=1S/C24H44NOSi/c1-5-6-7-8-9-10-11-14-21-27(3,4)26-20-19-25(2)18-17-23-15-12-13-16-24(23)22-25/h12-13,15-16H,5-11,14,17-22H2,1-4H3/q+1. The fraction of sp³-hybridized carbons (Fsp3) is 0.750. The number of likely N-dealkylation sites (N-methyl/N-ethyl adjacent to an activating group) is 1. The third-order valence-electron chi connectivity index (χ3n) is 6.35. The summed E-state index contributed by atoms with van der Waals surface area (Å²) in [5.74, 6) is 0. The van der Waals surface area contributed by atoms with Gasteiger partial charge in [0.05, 0.1) is 20.2 Å². The van der Waals surface area contributed by atoms with Gasteiger partial charge in [-0.3, -0.25) is 0 Å². The fourth-order valence-electron chi connectivity index (χ4n) is 4.33. The maximum Gasteiger partial charge on any atom is 0.187 e. The average molecular weight is 391 g/mol. The molecule has 0 bridgehead atoms. The Morgan fingerprint density at radius 2 is 1.56 bits per heavy atom. The van der Waals surface area contributed by atoms with Gasteiger partial charge < -0.3 is 8.91 Å². The van der Waals surface area contributed by atoms with E-state index in [2.05, 4.69) is 51.3 Å². The second kappa shape index (κ2) is 11.4. The number of quaternary nitrogens is 1. The zero-order valence-electron chi connectivity index (χ0n) is 18.6. The number of benzene rings is 1. The maximum absolute atomic E-state index is 6.47. The second-order valence-electron chi connectivity index (χ2n) is 9.58. The summed E-state index contributed by atoms with van der Waals surface area (Å²) in [5, 5.41) is 0. The lowest BCUT2D eigenvalue weighted by atomic mass is 9.98. The third kappa shape index (κ3) is 8.49. The van der Waals surface area contributed by atoms with Crippen molar-refractivity contribution in [3.8, 4) is 0 Å². The van der Waals surface area contributed by atoms with Crippen LogP contribution in [-0.4, -0.2) is 39.5 Å². The van der Waals surface area contributed by atoms with Gasteiger partial charge in [0.2, 0.25) is 0 Å². The monoisotopic (exact) mass is 390 g/mol. The predicted molar refractivity (Wildman–Crippen MR) is 121 cm³/mol. The molecule has 0 aromatic heterocycles. The molecule has 3 heteroatoms. The summed E-state index contributed by atoms with van der Waals surface area (Å²) in [6, 6.07) is 10.3. The minimum Gasteiger partial charge on any atom is -0.412 e. The predicted octanol–water partition coefficient (Wildman–Crippen LogP) is 6.55. The average Bonchev–Trinajstić information content (AvgIpc) is 2.63. The second-order valence-corrected chi connectivity index (χ2v) is 13.9. The van der Waals surface area contributed by atoms with Crippen molar-refractivity contribution >= 4 is 8.32 Å². The van der Waals surface area contributed by atoms with Crippen molar-refractivity contribution in [3.05, 3.63) is 35.4 Å². The SMILES string of the molecule is CCCCCCCCCC[Si](C)(C)OCC[N+]1(C)CCc2ccccc2C1. The summed E-state index contributed by atoms with van der Waals surface area (Å²) in [6.45, 7) is 11.6. The van der Waals surface area contributed by atoms with Gasteiger partial charge >= 0.3 is 0 Å². The molecule has 27 heavy (non-hydrogen) atoms. The first-order valence-electron chi connectivity index (χ1n) is 11.5. The van der Waals surface area contributed by atoms with E-state index >= 15 is 0 Å². The highest BCUT2D eigenvalue weighted by molar-refractivity contribution is 6.71. The number of hydrogen-bond acceptors (Lipinski definition) is 1.